The largest absolute Gasteiger partial charge is 0.508 e. The molecule has 4 nitrogen and oxygen atoms in total. The third-order valence-corrected chi connectivity index (χ3v) is 4.77. The number of rotatable bonds is 4. The molecule has 1 amide bonds. The van der Waals surface area contributed by atoms with Gasteiger partial charge >= 0.3 is 0 Å². The van der Waals surface area contributed by atoms with Gasteiger partial charge in [0.15, 0.2) is 0 Å². The number of benzene rings is 4. The van der Waals surface area contributed by atoms with Crippen LogP contribution in [0, 0.1) is 0 Å². The van der Waals surface area contributed by atoms with Crippen molar-refractivity contribution in [2.24, 2.45) is 0 Å². The van der Waals surface area contributed by atoms with Crippen LogP contribution in [0.3, 0.4) is 0 Å². The predicted octanol–water partition coefficient (Wildman–Crippen LogP) is 4.77. The molecule has 0 aliphatic carbocycles. The molecule has 1 atom stereocenters. The second-order valence-electron chi connectivity index (χ2n) is 6.58. The number of amides is 1. The number of fused-ring (bicyclic) bond motifs is 1. The zero-order valence-corrected chi connectivity index (χ0v) is 15.0. The molecular formula is C24H19NO3. The van der Waals surface area contributed by atoms with E-state index in [9.17, 15) is 15.0 Å². The summed E-state index contributed by atoms with van der Waals surface area (Å²) in [6, 6.07) is 26.2. The lowest BCUT2D eigenvalue weighted by atomic mass is 9.92. The molecule has 0 spiro atoms. The van der Waals surface area contributed by atoms with Crippen molar-refractivity contribution >= 4 is 16.7 Å². The Labute approximate surface area is 162 Å². The molecule has 0 heterocycles. The van der Waals surface area contributed by atoms with Crippen molar-refractivity contribution in [1.29, 1.82) is 0 Å². The molecule has 4 heteroatoms. The fraction of sp³-hybridized carbons (Fsp3) is 0.0417. The van der Waals surface area contributed by atoms with Gasteiger partial charge in [0, 0.05) is 11.1 Å². The Balaban J connectivity index is 1.85. The highest BCUT2D eigenvalue weighted by molar-refractivity contribution is 5.96. The van der Waals surface area contributed by atoms with E-state index < -0.39 is 6.04 Å². The Morgan fingerprint density at radius 1 is 0.750 bits per heavy atom. The summed E-state index contributed by atoms with van der Waals surface area (Å²) in [7, 11) is 0. The van der Waals surface area contributed by atoms with Crippen LogP contribution in [0.4, 0.5) is 0 Å². The van der Waals surface area contributed by atoms with Crippen molar-refractivity contribution in [2.45, 2.75) is 6.04 Å². The summed E-state index contributed by atoms with van der Waals surface area (Å²) in [6.45, 7) is 0. The summed E-state index contributed by atoms with van der Waals surface area (Å²) in [6.07, 6.45) is 0. The topological polar surface area (TPSA) is 69.6 Å². The molecular weight excluding hydrogens is 350 g/mol. The van der Waals surface area contributed by atoms with Gasteiger partial charge in [0.05, 0.1) is 6.04 Å². The third kappa shape index (κ3) is 3.40. The van der Waals surface area contributed by atoms with Gasteiger partial charge in [-0.25, -0.2) is 0 Å². The minimum Gasteiger partial charge on any atom is -0.508 e. The van der Waals surface area contributed by atoms with E-state index in [-0.39, 0.29) is 17.4 Å². The molecule has 0 aromatic heterocycles. The van der Waals surface area contributed by atoms with Crippen LogP contribution in [0.2, 0.25) is 0 Å². The average Bonchev–Trinajstić information content (AvgIpc) is 2.73. The average molecular weight is 369 g/mol. The molecule has 0 aliphatic rings. The molecule has 0 radical (unpaired) electrons. The Kier molecular flexibility index (Phi) is 4.68. The minimum absolute atomic E-state index is 0.102. The van der Waals surface area contributed by atoms with Gasteiger partial charge in [-0.3, -0.25) is 4.79 Å². The first kappa shape index (κ1) is 17.6. The van der Waals surface area contributed by atoms with Gasteiger partial charge in [-0.2, -0.15) is 0 Å². The normalized spacial score (nSPS) is 11.9. The van der Waals surface area contributed by atoms with Crippen molar-refractivity contribution in [3.63, 3.8) is 0 Å². The number of carbonyl (C=O) groups is 1. The van der Waals surface area contributed by atoms with E-state index >= 15 is 0 Å². The van der Waals surface area contributed by atoms with Crippen LogP contribution < -0.4 is 5.32 Å². The summed E-state index contributed by atoms with van der Waals surface area (Å²) < 4.78 is 0. The second kappa shape index (κ2) is 7.45. The van der Waals surface area contributed by atoms with Crippen LogP contribution in [0.5, 0.6) is 11.5 Å². The Hall–Kier alpha value is -3.79. The zero-order chi connectivity index (χ0) is 19.5. The number of hydrogen-bond acceptors (Lipinski definition) is 3. The molecule has 138 valence electrons. The van der Waals surface area contributed by atoms with Crippen molar-refractivity contribution in [3.8, 4) is 11.5 Å². The van der Waals surface area contributed by atoms with E-state index in [0.717, 1.165) is 16.3 Å². The maximum absolute atomic E-state index is 12.9. The third-order valence-electron chi connectivity index (χ3n) is 4.77. The predicted molar refractivity (Wildman–Crippen MR) is 109 cm³/mol. The van der Waals surface area contributed by atoms with Crippen molar-refractivity contribution < 1.29 is 15.0 Å². The highest BCUT2D eigenvalue weighted by Gasteiger charge is 2.23. The van der Waals surface area contributed by atoms with E-state index in [2.05, 4.69) is 5.32 Å². The molecule has 0 fully saturated rings. The first-order chi connectivity index (χ1) is 13.6. The fourth-order valence-electron chi connectivity index (χ4n) is 3.38. The summed E-state index contributed by atoms with van der Waals surface area (Å²) in [5, 5.41) is 25.2. The summed E-state index contributed by atoms with van der Waals surface area (Å²) in [5.74, 6) is -0.00447. The van der Waals surface area contributed by atoms with Gasteiger partial charge in [-0.1, -0.05) is 60.7 Å². The van der Waals surface area contributed by atoms with Crippen molar-refractivity contribution in [1.82, 2.24) is 5.32 Å². The molecule has 0 aliphatic heterocycles. The summed E-state index contributed by atoms with van der Waals surface area (Å²) in [5.41, 5.74) is 1.91. The summed E-state index contributed by atoms with van der Waals surface area (Å²) in [4.78, 5) is 12.9. The summed E-state index contributed by atoms with van der Waals surface area (Å²) >= 11 is 0. The Morgan fingerprint density at radius 3 is 2.18 bits per heavy atom. The smallest absolute Gasteiger partial charge is 0.252 e. The van der Waals surface area contributed by atoms with Gasteiger partial charge in [0.1, 0.15) is 11.5 Å². The first-order valence-corrected chi connectivity index (χ1v) is 8.99. The van der Waals surface area contributed by atoms with Crippen LogP contribution >= 0.6 is 0 Å². The van der Waals surface area contributed by atoms with E-state index in [4.69, 9.17) is 0 Å². The number of phenols is 2. The lowest BCUT2D eigenvalue weighted by molar-refractivity contribution is 0.0943. The van der Waals surface area contributed by atoms with Gasteiger partial charge in [-0.05, 0) is 46.7 Å². The first-order valence-electron chi connectivity index (χ1n) is 8.99. The maximum Gasteiger partial charge on any atom is 0.252 e. The second-order valence-corrected chi connectivity index (χ2v) is 6.58. The number of phenolic OH excluding ortho intramolecular Hbond substituents is 2. The minimum atomic E-state index is -0.584. The highest BCUT2D eigenvalue weighted by atomic mass is 16.3. The number of carbonyl (C=O) groups excluding carboxylic acids is 1. The highest BCUT2D eigenvalue weighted by Crippen LogP contribution is 2.36. The molecule has 28 heavy (non-hydrogen) atoms. The zero-order valence-electron chi connectivity index (χ0n) is 15.0. The number of nitrogens with one attached hydrogen (secondary N) is 1. The van der Waals surface area contributed by atoms with Gasteiger partial charge in [-0.15, -0.1) is 0 Å². The van der Waals surface area contributed by atoms with E-state index in [1.54, 1.807) is 54.6 Å². The van der Waals surface area contributed by atoms with E-state index in [0.29, 0.717) is 11.1 Å². The van der Waals surface area contributed by atoms with Gasteiger partial charge < -0.3 is 15.5 Å². The lowest BCUT2D eigenvalue weighted by Crippen LogP contribution is -2.29. The van der Waals surface area contributed by atoms with E-state index in [1.807, 2.05) is 36.4 Å². The van der Waals surface area contributed by atoms with E-state index in [1.165, 1.54) is 0 Å². The molecule has 0 saturated carbocycles. The molecule has 4 aromatic rings. The standard InChI is InChI=1S/C24H19NO3/c26-19-13-10-17(11-14-19)23(25-24(28)18-7-2-1-3-8-18)22-20-9-5-4-6-16(20)12-15-21(22)27/h1-15,23,26-27H,(H,25,28). The van der Waals surface area contributed by atoms with Crippen LogP contribution in [-0.4, -0.2) is 16.1 Å². The molecule has 3 N–H and O–H groups in total. The van der Waals surface area contributed by atoms with Crippen LogP contribution in [-0.2, 0) is 0 Å². The van der Waals surface area contributed by atoms with Crippen molar-refractivity contribution in [3.05, 3.63) is 108 Å². The molecule has 1 unspecified atom stereocenters. The number of hydrogen-bond donors (Lipinski definition) is 3. The van der Waals surface area contributed by atoms with Crippen LogP contribution in [0.15, 0.2) is 91.0 Å². The molecule has 0 bridgehead atoms. The van der Waals surface area contributed by atoms with Crippen LogP contribution in [0.1, 0.15) is 27.5 Å². The molecule has 4 rings (SSSR count). The van der Waals surface area contributed by atoms with Crippen LogP contribution in [0.25, 0.3) is 10.8 Å². The Bertz CT molecular complexity index is 1120. The fourth-order valence-corrected chi connectivity index (χ4v) is 3.38. The SMILES string of the molecule is O=C(NC(c1ccc(O)cc1)c1c(O)ccc2ccccc12)c1ccccc1. The molecule has 4 aromatic carbocycles. The monoisotopic (exact) mass is 369 g/mol. The molecule has 0 saturated heterocycles. The van der Waals surface area contributed by atoms with Gasteiger partial charge in [0.2, 0.25) is 0 Å². The van der Waals surface area contributed by atoms with Gasteiger partial charge in [0.25, 0.3) is 5.91 Å². The Morgan fingerprint density at radius 2 is 1.43 bits per heavy atom. The lowest BCUT2D eigenvalue weighted by Gasteiger charge is -2.23. The maximum atomic E-state index is 12.9. The quantitative estimate of drug-likeness (QED) is 0.485. The van der Waals surface area contributed by atoms with Crippen molar-refractivity contribution in [2.75, 3.05) is 0 Å². The number of aromatic hydroxyl groups is 2.